The lowest BCUT2D eigenvalue weighted by Crippen LogP contribution is -2.10. The molecule has 1 amide bonds. The molecule has 0 aliphatic heterocycles. The molecule has 0 aliphatic rings. The van der Waals surface area contributed by atoms with E-state index in [2.05, 4.69) is 5.32 Å². The number of anilines is 1. The highest BCUT2D eigenvalue weighted by Crippen LogP contribution is 2.26. The molecule has 0 saturated heterocycles. The van der Waals surface area contributed by atoms with Crippen molar-refractivity contribution < 1.29 is 26.4 Å². The van der Waals surface area contributed by atoms with E-state index in [1.165, 1.54) is 48.5 Å². The van der Waals surface area contributed by atoms with Gasteiger partial charge in [0.2, 0.25) is 0 Å². The van der Waals surface area contributed by atoms with Crippen molar-refractivity contribution >= 4 is 33.2 Å². The van der Waals surface area contributed by atoms with Crippen LogP contribution in [0.2, 0.25) is 0 Å². The number of amides is 1. The summed E-state index contributed by atoms with van der Waals surface area (Å²) in [6.07, 6.45) is 0. The van der Waals surface area contributed by atoms with Crippen LogP contribution in [0.25, 0.3) is 0 Å². The molecule has 1 heterocycles. The van der Waals surface area contributed by atoms with Crippen LogP contribution in [0, 0.1) is 0 Å². The number of sulfone groups is 1. The molecule has 1 N–H and O–H groups in total. The second-order valence-electron chi connectivity index (χ2n) is 5.70. The van der Waals surface area contributed by atoms with Crippen LogP contribution in [0.1, 0.15) is 16.3 Å². The van der Waals surface area contributed by atoms with Crippen LogP contribution in [0.5, 0.6) is 0 Å². The van der Waals surface area contributed by atoms with Crippen molar-refractivity contribution in [2.75, 3.05) is 5.32 Å². The fourth-order valence-electron chi connectivity index (χ4n) is 2.39. The van der Waals surface area contributed by atoms with Crippen LogP contribution >= 0.6 is 11.8 Å². The van der Waals surface area contributed by atoms with Gasteiger partial charge >= 0.3 is 0 Å². The molecule has 0 aliphatic carbocycles. The molecule has 0 fully saturated rings. The van der Waals surface area contributed by atoms with Gasteiger partial charge in [-0.1, -0.05) is 30.0 Å². The van der Waals surface area contributed by atoms with Crippen LogP contribution in [0.4, 0.5) is 14.5 Å². The van der Waals surface area contributed by atoms with Crippen molar-refractivity contribution in [3.8, 4) is 0 Å². The number of halogens is 2. The third kappa shape index (κ3) is 5.20. The Hall–Kier alpha value is -2.65. The van der Waals surface area contributed by atoms with Gasteiger partial charge in [0.25, 0.3) is 11.7 Å². The maximum Gasteiger partial charge on any atom is 0.291 e. The topological polar surface area (TPSA) is 76.4 Å². The Bertz CT molecular complexity index is 1050. The predicted octanol–water partition coefficient (Wildman–Crippen LogP) is 4.82. The maximum absolute atomic E-state index is 12.4. The second-order valence-corrected chi connectivity index (χ2v) is 8.75. The van der Waals surface area contributed by atoms with Crippen molar-refractivity contribution in [3.05, 3.63) is 78.3 Å². The molecule has 0 saturated carbocycles. The normalized spacial score (nSPS) is 11.5. The minimum Gasteiger partial charge on any atom is -0.455 e. The molecule has 146 valence electrons. The van der Waals surface area contributed by atoms with Crippen LogP contribution in [-0.2, 0) is 15.6 Å². The Morgan fingerprint density at radius 1 is 1.00 bits per heavy atom. The lowest BCUT2D eigenvalue weighted by atomic mass is 10.3. The summed E-state index contributed by atoms with van der Waals surface area (Å²) in [5.74, 6) is -3.38. The molecule has 1 aromatic heterocycles. The van der Waals surface area contributed by atoms with E-state index in [9.17, 15) is 22.0 Å². The molecule has 0 spiro atoms. The monoisotopic (exact) mass is 423 g/mol. The van der Waals surface area contributed by atoms with Gasteiger partial charge in [0, 0.05) is 10.6 Å². The number of carbonyl (C=O) groups is 1. The standard InChI is InChI=1S/C19H15F2NO4S2/c20-19(21)27-15-9-6-13(7-10-15)22-18(23)17-11-8-14(26-17)12-28(24,25)16-4-2-1-3-5-16/h1-11,19H,12H2,(H,22,23). The summed E-state index contributed by atoms with van der Waals surface area (Å²) in [7, 11) is -3.59. The fourth-order valence-corrected chi connectivity index (χ4v) is 4.16. The van der Waals surface area contributed by atoms with Gasteiger partial charge in [-0.05, 0) is 48.5 Å². The average Bonchev–Trinajstić information content (AvgIpc) is 3.11. The SMILES string of the molecule is O=C(Nc1ccc(SC(F)F)cc1)c1ccc(CS(=O)(=O)c2ccccc2)o1. The summed E-state index contributed by atoms with van der Waals surface area (Å²) in [5, 5.41) is 2.57. The summed E-state index contributed by atoms with van der Waals surface area (Å²) in [6.45, 7) is 0. The number of hydrogen-bond donors (Lipinski definition) is 1. The van der Waals surface area contributed by atoms with Crippen LogP contribution in [0.15, 0.2) is 80.9 Å². The smallest absolute Gasteiger partial charge is 0.291 e. The third-order valence-corrected chi connectivity index (χ3v) is 6.03. The highest BCUT2D eigenvalue weighted by atomic mass is 32.2. The summed E-state index contributed by atoms with van der Waals surface area (Å²) >= 11 is 0.408. The van der Waals surface area contributed by atoms with E-state index in [1.54, 1.807) is 18.2 Å². The highest BCUT2D eigenvalue weighted by molar-refractivity contribution is 7.99. The zero-order valence-electron chi connectivity index (χ0n) is 14.3. The molecular formula is C19H15F2NO4S2. The lowest BCUT2D eigenvalue weighted by molar-refractivity contribution is 0.0995. The third-order valence-electron chi connectivity index (χ3n) is 3.66. The number of thioether (sulfide) groups is 1. The number of alkyl halides is 2. The van der Waals surface area contributed by atoms with Gasteiger partial charge in [-0.2, -0.15) is 8.78 Å². The Morgan fingerprint density at radius 2 is 1.68 bits per heavy atom. The van der Waals surface area contributed by atoms with Crippen molar-refractivity contribution in [2.45, 2.75) is 21.3 Å². The molecule has 9 heteroatoms. The highest BCUT2D eigenvalue weighted by Gasteiger charge is 2.19. The van der Waals surface area contributed by atoms with Gasteiger partial charge in [0.15, 0.2) is 15.6 Å². The van der Waals surface area contributed by atoms with Gasteiger partial charge in [0.1, 0.15) is 11.5 Å². The van der Waals surface area contributed by atoms with Gasteiger partial charge in [-0.25, -0.2) is 8.42 Å². The first-order chi connectivity index (χ1) is 13.3. The van der Waals surface area contributed by atoms with Crippen LogP contribution in [-0.4, -0.2) is 20.1 Å². The van der Waals surface area contributed by atoms with Crippen molar-refractivity contribution in [3.63, 3.8) is 0 Å². The number of nitrogens with one attached hydrogen (secondary N) is 1. The number of carbonyl (C=O) groups excluding carboxylic acids is 1. The number of rotatable bonds is 7. The Kier molecular flexibility index (Phi) is 6.15. The van der Waals surface area contributed by atoms with E-state index in [0.29, 0.717) is 22.3 Å². The van der Waals surface area contributed by atoms with Gasteiger partial charge < -0.3 is 9.73 Å². The van der Waals surface area contributed by atoms with E-state index in [1.807, 2.05) is 0 Å². The first kappa shape index (κ1) is 20.1. The van der Waals surface area contributed by atoms with E-state index >= 15 is 0 Å². The predicted molar refractivity (Wildman–Crippen MR) is 102 cm³/mol. The van der Waals surface area contributed by atoms with E-state index in [-0.39, 0.29) is 22.2 Å². The molecule has 0 unspecified atom stereocenters. The first-order valence-corrected chi connectivity index (χ1v) is 10.6. The number of hydrogen-bond acceptors (Lipinski definition) is 5. The van der Waals surface area contributed by atoms with Crippen LogP contribution < -0.4 is 5.32 Å². The molecule has 5 nitrogen and oxygen atoms in total. The van der Waals surface area contributed by atoms with Crippen LogP contribution in [0.3, 0.4) is 0 Å². The second kappa shape index (κ2) is 8.57. The summed E-state index contributed by atoms with van der Waals surface area (Å²) in [5.41, 5.74) is 0.401. The van der Waals surface area contributed by atoms with Crippen molar-refractivity contribution in [1.82, 2.24) is 0 Å². The lowest BCUT2D eigenvalue weighted by Gasteiger charge is -2.05. The molecule has 3 rings (SSSR count). The average molecular weight is 423 g/mol. The van der Waals surface area contributed by atoms with Gasteiger partial charge in [-0.15, -0.1) is 0 Å². The Morgan fingerprint density at radius 3 is 2.32 bits per heavy atom. The van der Waals surface area contributed by atoms with E-state index in [4.69, 9.17) is 4.42 Å². The molecule has 0 radical (unpaired) electrons. The molecule has 2 aromatic carbocycles. The minimum absolute atomic E-state index is 0.0516. The summed E-state index contributed by atoms with van der Waals surface area (Å²) < 4.78 is 54.7. The van der Waals surface area contributed by atoms with Gasteiger partial charge in [-0.3, -0.25) is 4.79 Å². The quantitative estimate of drug-likeness (QED) is 0.552. The zero-order valence-corrected chi connectivity index (χ0v) is 16.0. The Balaban J connectivity index is 1.65. The Labute approximate surface area is 164 Å². The van der Waals surface area contributed by atoms with E-state index < -0.39 is 21.5 Å². The van der Waals surface area contributed by atoms with Crippen molar-refractivity contribution in [1.29, 1.82) is 0 Å². The zero-order chi connectivity index (χ0) is 20.1. The molecule has 3 aromatic rings. The summed E-state index contributed by atoms with van der Waals surface area (Å²) in [4.78, 5) is 12.8. The molecular weight excluding hydrogens is 408 g/mol. The number of benzene rings is 2. The minimum atomic E-state index is -3.59. The number of furan rings is 1. The largest absolute Gasteiger partial charge is 0.455 e. The fraction of sp³-hybridized carbons (Fsp3) is 0.105. The summed E-state index contributed by atoms with van der Waals surface area (Å²) in [6, 6.07) is 16.7. The van der Waals surface area contributed by atoms with Crippen molar-refractivity contribution in [2.24, 2.45) is 0 Å². The molecule has 0 bridgehead atoms. The molecule has 0 atom stereocenters. The van der Waals surface area contributed by atoms with Gasteiger partial charge in [0.05, 0.1) is 4.90 Å². The van der Waals surface area contributed by atoms with E-state index in [0.717, 1.165) is 0 Å². The maximum atomic E-state index is 12.4. The first-order valence-electron chi connectivity index (χ1n) is 8.06. The molecule has 28 heavy (non-hydrogen) atoms.